The van der Waals surface area contributed by atoms with Gasteiger partial charge in [-0.25, -0.2) is 9.38 Å². The number of amides is 1. The minimum Gasteiger partial charge on any atom is -0.497 e. The van der Waals surface area contributed by atoms with Crippen LogP contribution in [-0.4, -0.2) is 74.6 Å². The molecule has 0 spiro atoms. The number of aliphatic imine (C=N–C) groups is 1. The molecule has 2 aliphatic rings. The lowest BCUT2D eigenvalue weighted by molar-refractivity contribution is 0.0697. The maximum absolute atomic E-state index is 14.9. The Morgan fingerprint density at radius 1 is 1.17 bits per heavy atom. The van der Waals surface area contributed by atoms with Crippen molar-refractivity contribution < 1.29 is 19.0 Å². The quantitative estimate of drug-likeness (QED) is 0.593. The summed E-state index contributed by atoms with van der Waals surface area (Å²) in [7, 11) is 1.57. The molecule has 1 aromatic heterocycles. The molecule has 182 valence electrons. The van der Waals surface area contributed by atoms with E-state index in [-0.39, 0.29) is 11.6 Å². The van der Waals surface area contributed by atoms with Crippen LogP contribution in [0.4, 0.5) is 10.1 Å². The average Bonchev–Trinajstić information content (AvgIpc) is 3.33. The van der Waals surface area contributed by atoms with Gasteiger partial charge in [0.05, 0.1) is 25.2 Å². The summed E-state index contributed by atoms with van der Waals surface area (Å²) >= 11 is 0. The lowest BCUT2D eigenvalue weighted by Gasteiger charge is -2.31. The first-order valence-corrected chi connectivity index (χ1v) is 11.4. The van der Waals surface area contributed by atoms with Crippen molar-refractivity contribution in [2.45, 2.75) is 25.6 Å². The van der Waals surface area contributed by atoms with E-state index in [2.05, 4.69) is 20.5 Å². The highest BCUT2D eigenvalue weighted by Crippen LogP contribution is 2.32. The van der Waals surface area contributed by atoms with Crippen LogP contribution in [0.25, 0.3) is 5.69 Å². The van der Waals surface area contributed by atoms with Crippen LogP contribution >= 0.6 is 0 Å². The molecule has 0 aliphatic carbocycles. The number of aliphatic hydroxyl groups excluding tert-OH is 1. The number of methoxy groups -OCH3 is 1. The Hall–Kier alpha value is -3.99. The minimum atomic E-state index is -0.937. The highest BCUT2D eigenvalue weighted by molar-refractivity contribution is 5.98. The van der Waals surface area contributed by atoms with Crippen LogP contribution < -0.4 is 10.1 Å². The molecule has 0 radical (unpaired) electrons. The number of ether oxygens (including phenoxy) is 1. The standard InChI is InChI=1S/C24H26FN7O3/c1-15-8-11-30(24-28-19-7-6-16(35-2)14-17(19)22(33)29-24)12-13-31(15)23(34)21-18(25)4-3-5-20(21)32-26-9-10-27-32/h3-7,9-10,14-15,22,33H,8,11-13H2,1-2H3,(H,28,29). The number of rotatable bonds is 3. The van der Waals surface area contributed by atoms with Crippen molar-refractivity contribution in [3.05, 3.63) is 65.7 Å². The molecule has 3 aromatic rings. The average molecular weight is 480 g/mol. The normalized spacial score (nSPS) is 19.9. The molecule has 35 heavy (non-hydrogen) atoms. The summed E-state index contributed by atoms with van der Waals surface area (Å²) in [5.41, 5.74) is 1.52. The Morgan fingerprint density at radius 3 is 2.74 bits per heavy atom. The first kappa shape index (κ1) is 22.8. The highest BCUT2D eigenvalue weighted by Gasteiger charge is 2.32. The molecule has 2 aromatic carbocycles. The van der Waals surface area contributed by atoms with Gasteiger partial charge in [-0.3, -0.25) is 4.79 Å². The summed E-state index contributed by atoms with van der Waals surface area (Å²) in [6.07, 6.45) is 2.66. The number of carbonyl (C=O) groups excluding carboxylic acids is 1. The van der Waals surface area contributed by atoms with Crippen LogP contribution in [-0.2, 0) is 0 Å². The molecule has 2 aliphatic heterocycles. The third-order valence-electron chi connectivity index (χ3n) is 6.38. The summed E-state index contributed by atoms with van der Waals surface area (Å²) in [5.74, 6) is 0.134. The number of nitrogens with zero attached hydrogens (tertiary/aromatic N) is 6. The van der Waals surface area contributed by atoms with Crippen molar-refractivity contribution in [1.29, 1.82) is 0 Å². The maximum Gasteiger partial charge on any atom is 0.259 e. The Bertz CT molecular complexity index is 1260. The predicted molar refractivity (Wildman–Crippen MR) is 126 cm³/mol. The van der Waals surface area contributed by atoms with Crippen LogP contribution in [0.3, 0.4) is 0 Å². The predicted octanol–water partition coefficient (Wildman–Crippen LogP) is 2.23. The molecule has 5 rings (SSSR count). The van der Waals surface area contributed by atoms with Gasteiger partial charge in [-0.1, -0.05) is 6.07 Å². The molecule has 0 bridgehead atoms. The van der Waals surface area contributed by atoms with Crippen molar-refractivity contribution in [3.63, 3.8) is 0 Å². The summed E-state index contributed by atoms with van der Waals surface area (Å²) in [6.45, 7) is 3.37. The number of nitrogens with one attached hydrogen (secondary N) is 1. The van der Waals surface area contributed by atoms with E-state index in [1.165, 1.54) is 29.3 Å². The number of aliphatic hydroxyl groups is 1. The van der Waals surface area contributed by atoms with Gasteiger partial charge in [0.25, 0.3) is 5.91 Å². The van der Waals surface area contributed by atoms with Gasteiger partial charge >= 0.3 is 0 Å². The Labute approximate surface area is 201 Å². The monoisotopic (exact) mass is 479 g/mol. The number of hydrogen-bond donors (Lipinski definition) is 2. The fourth-order valence-corrected chi connectivity index (χ4v) is 4.44. The van der Waals surface area contributed by atoms with Crippen LogP contribution in [0.1, 0.15) is 35.5 Å². The third-order valence-corrected chi connectivity index (χ3v) is 6.38. The topological polar surface area (TPSA) is 108 Å². The number of fused-ring (bicyclic) bond motifs is 1. The van der Waals surface area contributed by atoms with Gasteiger partial charge in [0.15, 0.2) is 6.23 Å². The van der Waals surface area contributed by atoms with E-state index in [0.29, 0.717) is 54.7 Å². The van der Waals surface area contributed by atoms with Crippen LogP contribution in [0, 0.1) is 5.82 Å². The maximum atomic E-state index is 14.9. The van der Waals surface area contributed by atoms with Crippen molar-refractivity contribution >= 4 is 17.6 Å². The Morgan fingerprint density at radius 2 is 1.97 bits per heavy atom. The van der Waals surface area contributed by atoms with E-state index in [1.54, 1.807) is 36.3 Å². The molecular weight excluding hydrogens is 453 g/mol. The number of hydrogen-bond acceptors (Lipinski definition) is 8. The first-order chi connectivity index (χ1) is 17.0. The lowest BCUT2D eigenvalue weighted by atomic mass is 10.1. The second kappa shape index (κ2) is 9.34. The summed E-state index contributed by atoms with van der Waals surface area (Å²) in [5, 5.41) is 21.8. The molecule has 2 atom stereocenters. The van der Waals surface area contributed by atoms with Gasteiger partial charge in [0.2, 0.25) is 5.96 Å². The third kappa shape index (κ3) is 4.30. The molecule has 1 amide bonds. The zero-order valence-corrected chi connectivity index (χ0v) is 19.4. The zero-order valence-electron chi connectivity index (χ0n) is 19.4. The number of halogens is 1. The fourth-order valence-electron chi connectivity index (χ4n) is 4.44. The lowest BCUT2D eigenvalue weighted by Crippen LogP contribution is -2.46. The van der Waals surface area contributed by atoms with E-state index < -0.39 is 18.0 Å². The second-order valence-electron chi connectivity index (χ2n) is 8.48. The molecule has 3 heterocycles. The van der Waals surface area contributed by atoms with Crippen molar-refractivity contribution in [3.8, 4) is 11.4 Å². The summed E-state index contributed by atoms with van der Waals surface area (Å²) < 4.78 is 20.1. The number of aromatic nitrogens is 3. The molecule has 2 N–H and O–H groups in total. The van der Waals surface area contributed by atoms with Gasteiger partial charge in [0.1, 0.15) is 22.8 Å². The smallest absolute Gasteiger partial charge is 0.259 e. The van der Waals surface area contributed by atoms with E-state index in [9.17, 15) is 14.3 Å². The fraction of sp³-hybridized carbons (Fsp3) is 0.333. The summed E-state index contributed by atoms with van der Waals surface area (Å²) in [6, 6.07) is 9.63. The largest absolute Gasteiger partial charge is 0.497 e. The Kier molecular flexibility index (Phi) is 6.08. The Balaban J connectivity index is 1.39. The molecule has 1 fully saturated rings. The van der Waals surface area contributed by atoms with E-state index in [1.807, 2.05) is 11.8 Å². The number of guanidine groups is 1. The molecule has 11 heteroatoms. The molecule has 0 saturated carbocycles. The van der Waals surface area contributed by atoms with Crippen molar-refractivity contribution in [2.75, 3.05) is 26.7 Å². The molecular formula is C24H26FN7O3. The SMILES string of the molecule is COc1ccc2c(c1)C(O)NC(N1CCC(C)N(C(=O)c3c(F)cccc3-n3nccn3)CC1)=N2. The van der Waals surface area contributed by atoms with Crippen LogP contribution in [0.15, 0.2) is 53.8 Å². The van der Waals surface area contributed by atoms with Crippen molar-refractivity contribution in [2.24, 2.45) is 4.99 Å². The number of carbonyl (C=O) groups is 1. The van der Waals surface area contributed by atoms with Gasteiger partial charge in [-0.2, -0.15) is 15.0 Å². The molecule has 1 saturated heterocycles. The highest BCUT2D eigenvalue weighted by atomic mass is 19.1. The van der Waals surface area contributed by atoms with Gasteiger partial charge in [0, 0.05) is 31.2 Å². The van der Waals surface area contributed by atoms with Gasteiger partial charge in [-0.15, -0.1) is 0 Å². The zero-order chi connectivity index (χ0) is 24.5. The van der Waals surface area contributed by atoms with Crippen LogP contribution in [0.5, 0.6) is 5.75 Å². The summed E-state index contributed by atoms with van der Waals surface area (Å²) in [4.78, 5) is 23.2. The minimum absolute atomic E-state index is 0.0598. The van der Waals surface area contributed by atoms with Crippen molar-refractivity contribution in [1.82, 2.24) is 30.1 Å². The van der Waals surface area contributed by atoms with E-state index in [0.717, 1.165) is 0 Å². The first-order valence-electron chi connectivity index (χ1n) is 11.4. The van der Waals surface area contributed by atoms with E-state index >= 15 is 0 Å². The van der Waals surface area contributed by atoms with Gasteiger partial charge < -0.3 is 25.0 Å². The van der Waals surface area contributed by atoms with Crippen LogP contribution in [0.2, 0.25) is 0 Å². The number of benzene rings is 2. The molecule has 10 nitrogen and oxygen atoms in total. The van der Waals surface area contributed by atoms with E-state index in [4.69, 9.17) is 4.74 Å². The molecule has 2 unspecified atom stereocenters. The van der Waals surface area contributed by atoms with Gasteiger partial charge in [-0.05, 0) is 43.7 Å². The second-order valence-corrected chi connectivity index (χ2v) is 8.48.